The number of primary amides is 1. The second-order valence-corrected chi connectivity index (χ2v) is 32.2. The third-order valence-electron chi connectivity index (χ3n) is 21.4. The van der Waals surface area contributed by atoms with Gasteiger partial charge in [0.2, 0.25) is 65.3 Å². The molecule has 0 radical (unpaired) electrons. The Morgan fingerprint density at radius 2 is 1.37 bits per heavy atom. The first-order chi connectivity index (χ1) is 59.8. The molecule has 126 heavy (non-hydrogen) atoms. The molecule has 7 aliphatic heterocycles. The zero-order chi connectivity index (χ0) is 91.2. The second kappa shape index (κ2) is 39.5. The van der Waals surface area contributed by atoms with E-state index in [9.17, 15) is 69.9 Å². The van der Waals surface area contributed by atoms with Crippen LogP contribution in [0.5, 0.6) is 46.0 Å². The molecule has 11 bridgehead atoms. The van der Waals surface area contributed by atoms with Gasteiger partial charge in [-0.2, -0.15) is 4.98 Å². The molecule has 6 aromatic carbocycles. The number of nitrogens with zero attached hydrogens (tertiary/aromatic N) is 2. The van der Waals surface area contributed by atoms with Crippen LogP contribution in [0.25, 0.3) is 17.2 Å². The molecule has 41 nitrogen and oxygen atoms in total. The predicted octanol–water partition coefficient (Wildman–Crippen LogP) is 0.729. The number of carbonyl (C=O) groups excluding carboxylic acids is 9. The number of halogens is 3. The maximum atomic E-state index is 16.3. The van der Waals surface area contributed by atoms with Crippen molar-refractivity contribution >= 4 is 106 Å². The number of aliphatic hydroxyl groups is 6. The van der Waals surface area contributed by atoms with E-state index in [0.717, 1.165) is 66.7 Å². The molecule has 2 fully saturated rings. The molecule has 0 unspecified atom stereocenters. The van der Waals surface area contributed by atoms with Crippen molar-refractivity contribution in [2.45, 2.75) is 163 Å². The van der Waals surface area contributed by atoms with Gasteiger partial charge in [-0.15, -0.1) is 0 Å². The number of anilines is 1. The Kier molecular flexibility index (Phi) is 29.1. The van der Waals surface area contributed by atoms with Crippen molar-refractivity contribution in [3.8, 4) is 57.1 Å². The summed E-state index contributed by atoms with van der Waals surface area (Å²) in [5.41, 5.74) is 11.1. The Morgan fingerprint density at radius 3 is 1.99 bits per heavy atom. The highest BCUT2D eigenvalue weighted by Gasteiger charge is 2.52. The number of aromatic hydroxyl groups is 3. The number of nitrogens with two attached hydrogens (primary N) is 2. The van der Waals surface area contributed by atoms with Crippen LogP contribution in [0.3, 0.4) is 0 Å². The maximum Gasteiger partial charge on any atom is 0.349 e. The molecule has 44 heteroatoms. The van der Waals surface area contributed by atoms with Gasteiger partial charge in [-0.3, -0.25) is 64.0 Å². The molecule has 7 aromatic rings. The van der Waals surface area contributed by atoms with Gasteiger partial charge in [-0.1, -0.05) is 79.0 Å². The van der Waals surface area contributed by atoms with Crippen molar-refractivity contribution in [2.24, 2.45) is 17.4 Å². The molecule has 9 amide bonds. The average molecular weight is 1810 g/mol. The summed E-state index contributed by atoms with van der Waals surface area (Å²) in [7, 11) is 1.46. The Labute approximate surface area is 731 Å². The first-order valence-electron chi connectivity index (χ1n) is 39.2. The van der Waals surface area contributed by atoms with Crippen molar-refractivity contribution in [3.05, 3.63) is 180 Å². The normalized spacial score (nSPS) is 25.8. The number of guanidine groups is 1. The second-order valence-electron chi connectivity index (χ2n) is 30.9. The maximum absolute atomic E-state index is 16.3. The fourth-order valence-corrected chi connectivity index (χ4v) is 15.5. The molecule has 8 heterocycles. The SMILES string of the molecule is CN[C@H](CC(C)C)C(=O)N[C@H]1C(=O)N[C@@H](CC(N)=O)C(=O)N[C@H]2C(=O)N[C@H]3C(=O)N[C@H](C(=O)N[C@@H](C(=O)NNC(=N)N)c4cc(O)cc(O)c4-c4cc3ccc4O)[C@H](O)c3ccc(c(Cl)c3)Oc3cc2cc(c3O[C@@H]2O[C@H](CO)[C@@H](O)[C@H](O)[C@H]2O[C@H]2C[C@](C)(NCCn3ccc(NC(=O)/C=C/c4ccc(Cl)cc4)nc3=O)[C@H](O)[C@H](C)O2)Oc2ccc(cc2Cl)[C@H]1O. The smallest absolute Gasteiger partial charge is 0.349 e. The van der Waals surface area contributed by atoms with Crippen LogP contribution in [0.15, 0.2) is 126 Å². The zero-order valence-corrected chi connectivity index (χ0v) is 69.8. The molecule has 0 spiro atoms. The predicted molar refractivity (Wildman–Crippen MR) is 446 cm³/mol. The van der Waals surface area contributed by atoms with Gasteiger partial charge in [0, 0.05) is 59.5 Å². The standard InChI is InChI=1S/C82H91Cl3N16O25/c1-33(2)22-46(89-5)72(113)97-63-65(108)37-10-15-50(44(84)24-37)122-52-26-39-27-53(69(52)126-79-70(68(111)67(110)54(32-102)124-79)125-58-31-82(4,71(112)34(3)121-58)90-19-21-101-20-18-56(93-81(101)120)92-57(107)17-8-35-6-12-40(83)13-7-35)123-51-16-11-38(25-45(51)85)66(109)64-77(118)96-62(78(119)99-100-80(87)88)43-28-41(103)29-49(105)59(43)42-23-36(9-14-48(42)104)60(74(115)98-64)95-75(116)61(39)94-73(114)47(30-55(86)106)91-76(63)117/h6-18,20,23-29,33-34,46-47,54,58,60-68,70-71,79,89-90,102-105,108-112H,19,21-22,30-32H2,1-5H3,(H2,86,106)(H,91,117)(H,94,114)(H,95,116)(H,96,118)(H,97,113)(H,98,115)(H,99,119)(H4,87,88,100)(H,92,93,107,120)/b17-8+/t34-,46+,47-,54+,58-,60+,61+,62+,63+,64-,65+,66+,67+,68-,70+,71+,79-,82-/m0/s1. The topological polar surface area (TPSA) is 634 Å². The molecular weight excluding hydrogens is 1720 g/mol. The number of ether oxygens (including phenoxy) is 6. The molecule has 1 aromatic heterocycles. The number of phenols is 3. The van der Waals surface area contributed by atoms with E-state index >= 15 is 24.0 Å². The lowest BCUT2D eigenvalue weighted by Gasteiger charge is -2.48. The minimum Gasteiger partial charge on any atom is -0.508 e. The van der Waals surface area contributed by atoms with Crippen LogP contribution >= 0.6 is 34.8 Å². The fraction of sp³-hybridized carbons (Fsp3) is 0.366. The minimum absolute atomic E-state index is 0.0398. The van der Waals surface area contributed by atoms with Gasteiger partial charge < -0.3 is 134 Å². The summed E-state index contributed by atoms with van der Waals surface area (Å²) >= 11 is 20.3. The van der Waals surface area contributed by atoms with E-state index in [1.807, 2.05) is 13.8 Å². The largest absolute Gasteiger partial charge is 0.508 e. The lowest BCUT2D eigenvalue weighted by atomic mass is 9.85. The summed E-state index contributed by atoms with van der Waals surface area (Å²) in [6.07, 6.45) is -15.5. The van der Waals surface area contributed by atoms with Crippen molar-refractivity contribution < 1.29 is 118 Å². The number of hydrazine groups is 1. The van der Waals surface area contributed by atoms with Crippen LogP contribution in [0.4, 0.5) is 5.82 Å². The van der Waals surface area contributed by atoms with E-state index in [2.05, 4.69) is 63.7 Å². The van der Waals surface area contributed by atoms with Gasteiger partial charge in [0.25, 0.3) is 5.91 Å². The van der Waals surface area contributed by atoms with E-state index in [1.165, 1.54) is 55.1 Å². The van der Waals surface area contributed by atoms with Gasteiger partial charge in [-0.05, 0) is 145 Å². The Morgan fingerprint density at radius 1 is 0.722 bits per heavy atom. The number of fused-ring (bicyclic) bond motifs is 15. The van der Waals surface area contributed by atoms with Crippen molar-refractivity contribution in [1.29, 1.82) is 5.41 Å². The van der Waals surface area contributed by atoms with E-state index in [0.29, 0.717) is 10.6 Å². The molecule has 18 atom stereocenters. The lowest BCUT2D eigenvalue weighted by molar-refractivity contribution is -0.334. The van der Waals surface area contributed by atoms with E-state index < -0.39 is 260 Å². The Bertz CT molecular complexity index is 5460. The zero-order valence-electron chi connectivity index (χ0n) is 67.5. The van der Waals surface area contributed by atoms with Gasteiger partial charge in [0.15, 0.2) is 23.9 Å². The van der Waals surface area contributed by atoms with Gasteiger partial charge >= 0.3 is 5.69 Å². The number of nitrogens with one attached hydrogen (secondary N) is 12. The van der Waals surface area contributed by atoms with Crippen LogP contribution in [-0.4, -0.2) is 214 Å². The molecular formula is C82H91Cl3N16O25. The van der Waals surface area contributed by atoms with Crippen molar-refractivity contribution in [3.63, 3.8) is 0 Å². The van der Waals surface area contributed by atoms with Gasteiger partial charge in [0.05, 0.1) is 41.3 Å². The van der Waals surface area contributed by atoms with Crippen molar-refractivity contribution in [2.75, 3.05) is 25.5 Å². The van der Waals surface area contributed by atoms with Crippen LogP contribution in [-0.2, 0) is 63.9 Å². The molecule has 7 aliphatic rings. The third-order valence-corrected chi connectivity index (χ3v) is 22.2. The number of aromatic nitrogens is 2. The first kappa shape index (κ1) is 92.8. The molecule has 14 rings (SSSR count). The number of carbonyl (C=O) groups is 9. The van der Waals surface area contributed by atoms with E-state index in [4.69, 9.17) is 80.1 Å². The number of likely N-dealkylation sites (N-methyl/N-ethyl adjacent to an activating group) is 1. The van der Waals surface area contributed by atoms with E-state index in [1.54, 1.807) is 31.2 Å². The number of aliphatic hydroxyl groups excluding tert-OH is 6. The highest BCUT2D eigenvalue weighted by atomic mass is 35.5. The van der Waals surface area contributed by atoms with Gasteiger partial charge in [0.1, 0.15) is 101 Å². The number of hydrogen-bond donors (Lipinski definition) is 23. The monoisotopic (exact) mass is 1800 g/mol. The van der Waals surface area contributed by atoms with Crippen LogP contribution in [0.1, 0.15) is 111 Å². The van der Waals surface area contributed by atoms with Crippen molar-refractivity contribution in [1.82, 2.24) is 62.9 Å². The summed E-state index contributed by atoms with van der Waals surface area (Å²) in [6.45, 7) is 5.57. The summed E-state index contributed by atoms with van der Waals surface area (Å²) in [5, 5.41) is 137. The number of hydrogen-bond acceptors (Lipinski definition) is 29. The minimum atomic E-state index is -2.41. The number of rotatable bonds is 20. The number of amides is 9. The fourth-order valence-electron chi connectivity index (χ4n) is 14.9. The quantitative estimate of drug-likeness (QED) is 0.0216. The third kappa shape index (κ3) is 21.3. The first-order valence-corrected chi connectivity index (χ1v) is 40.3. The highest BCUT2D eigenvalue weighted by Crippen LogP contribution is 2.50. The van der Waals surface area contributed by atoms with E-state index in [-0.39, 0.29) is 60.1 Å². The number of benzene rings is 6. The summed E-state index contributed by atoms with van der Waals surface area (Å²) in [5.74, 6) is -17.4. The summed E-state index contributed by atoms with van der Waals surface area (Å²) < 4.78 is 40.6. The summed E-state index contributed by atoms with van der Waals surface area (Å²) in [4.78, 5) is 150. The van der Waals surface area contributed by atoms with Crippen LogP contribution in [0.2, 0.25) is 15.1 Å². The van der Waals surface area contributed by atoms with Crippen LogP contribution in [0, 0.1) is 11.3 Å². The molecule has 670 valence electrons. The molecule has 0 saturated carbocycles. The average Bonchev–Trinajstić information content (AvgIpc) is 0.764. The highest BCUT2D eigenvalue weighted by molar-refractivity contribution is 6.32. The molecule has 0 aliphatic carbocycles. The molecule has 2 saturated heterocycles. The van der Waals surface area contributed by atoms with Crippen LogP contribution < -0.4 is 90.1 Å². The Hall–Kier alpha value is -12.3. The van der Waals surface area contributed by atoms with Gasteiger partial charge in [-0.25, -0.2) is 4.79 Å². The molecule has 25 N–H and O–H groups in total. The Balaban J connectivity index is 0.999. The lowest BCUT2D eigenvalue weighted by Crippen LogP contribution is -2.65. The summed E-state index contributed by atoms with van der Waals surface area (Å²) in [6, 6.07) is 7.16. The number of phenolic OH excluding ortho intramolecular Hbond substituents is 3.